The number of nitrogens with zero attached hydrogens (tertiary/aromatic N) is 3. The monoisotopic (exact) mass is 297 g/mol. The van der Waals surface area contributed by atoms with Crippen LogP contribution >= 0.6 is 0 Å². The van der Waals surface area contributed by atoms with E-state index in [9.17, 15) is 0 Å². The van der Waals surface area contributed by atoms with Gasteiger partial charge in [0.05, 0.1) is 5.69 Å². The third-order valence-corrected chi connectivity index (χ3v) is 3.83. The third kappa shape index (κ3) is 3.61. The number of benzene rings is 1. The van der Waals surface area contributed by atoms with Gasteiger partial charge in [0.2, 0.25) is 0 Å². The summed E-state index contributed by atoms with van der Waals surface area (Å²) in [5, 5.41) is 6.82. The van der Waals surface area contributed by atoms with Crippen LogP contribution in [0.4, 0.5) is 5.82 Å². The Morgan fingerprint density at radius 3 is 2.95 bits per heavy atom. The first-order valence-corrected chi connectivity index (χ1v) is 7.72. The second kappa shape index (κ2) is 6.85. The highest BCUT2D eigenvalue weighted by atomic mass is 15.1. The minimum Gasteiger partial charge on any atom is -0.366 e. The number of hydrogen-bond acceptors (Lipinski definition) is 5. The Morgan fingerprint density at radius 2 is 2.09 bits per heavy atom. The molecule has 1 aromatic heterocycles. The highest BCUT2D eigenvalue weighted by molar-refractivity contribution is 5.47. The Kier molecular flexibility index (Phi) is 4.65. The first-order chi connectivity index (χ1) is 10.7. The zero-order valence-corrected chi connectivity index (χ0v) is 13.3. The van der Waals surface area contributed by atoms with Crippen LogP contribution in [0.25, 0.3) is 0 Å². The van der Waals surface area contributed by atoms with E-state index >= 15 is 0 Å². The summed E-state index contributed by atoms with van der Waals surface area (Å²) < 4.78 is 0. The van der Waals surface area contributed by atoms with Crippen molar-refractivity contribution in [2.75, 3.05) is 26.0 Å². The van der Waals surface area contributed by atoms with Crippen LogP contribution in [-0.4, -0.2) is 35.5 Å². The van der Waals surface area contributed by atoms with Crippen molar-refractivity contribution in [1.29, 1.82) is 0 Å². The van der Waals surface area contributed by atoms with Gasteiger partial charge in [-0.05, 0) is 38.2 Å². The van der Waals surface area contributed by atoms with Gasteiger partial charge in [0.15, 0.2) is 0 Å². The molecule has 0 saturated heterocycles. The lowest BCUT2D eigenvalue weighted by molar-refractivity contribution is 0.402. The predicted octanol–water partition coefficient (Wildman–Crippen LogP) is 1.80. The van der Waals surface area contributed by atoms with Gasteiger partial charge in [0, 0.05) is 25.2 Å². The van der Waals surface area contributed by atoms with Crippen molar-refractivity contribution in [2.24, 2.45) is 0 Å². The molecule has 2 aromatic rings. The van der Waals surface area contributed by atoms with E-state index in [1.807, 2.05) is 0 Å². The van der Waals surface area contributed by atoms with Gasteiger partial charge in [-0.2, -0.15) is 0 Å². The molecule has 1 aliphatic heterocycles. The van der Waals surface area contributed by atoms with Crippen molar-refractivity contribution in [2.45, 2.75) is 26.1 Å². The van der Waals surface area contributed by atoms with Gasteiger partial charge in [-0.1, -0.05) is 24.3 Å². The Labute approximate surface area is 131 Å². The lowest BCUT2D eigenvalue weighted by Gasteiger charge is -2.19. The normalized spacial score (nSPS) is 14.0. The maximum Gasteiger partial charge on any atom is 0.133 e. The fraction of sp³-hybridized carbons (Fsp3) is 0.412. The molecule has 5 heteroatoms. The average Bonchev–Trinajstić information content (AvgIpc) is 2.52. The van der Waals surface area contributed by atoms with Gasteiger partial charge >= 0.3 is 0 Å². The molecule has 1 aliphatic rings. The predicted molar refractivity (Wildman–Crippen MR) is 88.6 cm³/mol. The van der Waals surface area contributed by atoms with Gasteiger partial charge in [-0.3, -0.25) is 0 Å². The van der Waals surface area contributed by atoms with E-state index < -0.39 is 0 Å². The molecule has 0 unspecified atom stereocenters. The van der Waals surface area contributed by atoms with Crippen molar-refractivity contribution in [3.8, 4) is 0 Å². The van der Waals surface area contributed by atoms with E-state index in [-0.39, 0.29) is 0 Å². The second-order valence-electron chi connectivity index (χ2n) is 5.99. The van der Waals surface area contributed by atoms with Crippen molar-refractivity contribution in [1.82, 2.24) is 20.2 Å². The minimum absolute atomic E-state index is 0.790. The van der Waals surface area contributed by atoms with E-state index in [1.54, 1.807) is 6.33 Å². The Bertz CT molecular complexity index is 639. The summed E-state index contributed by atoms with van der Waals surface area (Å²) in [5.74, 6) is 0.976. The van der Waals surface area contributed by atoms with Crippen molar-refractivity contribution < 1.29 is 0 Å². The summed E-state index contributed by atoms with van der Waals surface area (Å²) in [6, 6.07) is 8.69. The molecule has 0 aliphatic carbocycles. The van der Waals surface area contributed by atoms with Crippen molar-refractivity contribution in [3.63, 3.8) is 0 Å². The molecule has 0 amide bonds. The Balaban J connectivity index is 1.70. The molecule has 3 rings (SSSR count). The number of hydrogen-bond donors (Lipinski definition) is 2. The Hall–Kier alpha value is -1.98. The van der Waals surface area contributed by atoms with Crippen LogP contribution in [0.2, 0.25) is 0 Å². The first-order valence-electron chi connectivity index (χ1n) is 7.72. The summed E-state index contributed by atoms with van der Waals surface area (Å²) in [6.45, 7) is 3.58. The molecular weight excluding hydrogens is 274 g/mol. The highest BCUT2D eigenvalue weighted by Gasteiger charge is 2.14. The summed E-state index contributed by atoms with van der Waals surface area (Å²) in [5.41, 5.74) is 4.98. The zero-order chi connectivity index (χ0) is 15.4. The van der Waals surface area contributed by atoms with E-state index in [0.717, 1.165) is 44.1 Å². The Morgan fingerprint density at radius 1 is 1.23 bits per heavy atom. The van der Waals surface area contributed by atoms with Crippen LogP contribution in [-0.2, 0) is 26.1 Å². The summed E-state index contributed by atoms with van der Waals surface area (Å²) >= 11 is 0. The highest BCUT2D eigenvalue weighted by Crippen LogP contribution is 2.19. The quantitative estimate of drug-likeness (QED) is 0.881. The lowest BCUT2D eigenvalue weighted by atomic mass is 10.1. The molecule has 0 atom stereocenters. The first kappa shape index (κ1) is 14.9. The molecule has 116 valence electrons. The number of rotatable bonds is 5. The maximum atomic E-state index is 4.42. The number of fused-ring (bicyclic) bond motifs is 1. The lowest BCUT2D eigenvalue weighted by Crippen LogP contribution is -2.26. The summed E-state index contributed by atoms with van der Waals surface area (Å²) in [4.78, 5) is 11.0. The molecular formula is C17H23N5. The number of anilines is 1. The van der Waals surface area contributed by atoms with Crippen molar-refractivity contribution >= 4 is 5.82 Å². The molecule has 2 N–H and O–H groups in total. The third-order valence-electron chi connectivity index (χ3n) is 3.83. The summed E-state index contributed by atoms with van der Waals surface area (Å²) in [6.07, 6.45) is 2.63. The van der Waals surface area contributed by atoms with E-state index in [4.69, 9.17) is 0 Å². The smallest absolute Gasteiger partial charge is 0.133 e. The van der Waals surface area contributed by atoms with Gasteiger partial charge in [0.1, 0.15) is 12.1 Å². The van der Waals surface area contributed by atoms with E-state index in [0.29, 0.717) is 0 Å². The standard InChI is InChI=1S/C17H23N5/c1-22(2)11-14-5-3-4-13(8-14)9-19-17-15-6-7-18-10-16(15)20-12-21-17/h3-5,8,12,18H,6-7,9-11H2,1-2H3,(H,19,20,21). The molecule has 2 heterocycles. The second-order valence-corrected chi connectivity index (χ2v) is 5.99. The molecule has 0 fully saturated rings. The fourth-order valence-electron chi connectivity index (χ4n) is 2.83. The fourth-order valence-corrected chi connectivity index (χ4v) is 2.83. The summed E-state index contributed by atoms with van der Waals surface area (Å²) in [7, 11) is 4.18. The molecule has 1 aromatic carbocycles. The van der Waals surface area contributed by atoms with Crippen LogP contribution in [0, 0.1) is 0 Å². The SMILES string of the molecule is CN(C)Cc1cccc(CNc2ncnc3c2CCNC3)c1. The topological polar surface area (TPSA) is 53.1 Å². The van der Waals surface area contributed by atoms with E-state index in [1.165, 1.54) is 16.7 Å². The van der Waals surface area contributed by atoms with Crippen molar-refractivity contribution in [3.05, 3.63) is 53.0 Å². The van der Waals surface area contributed by atoms with Crippen LogP contribution in [0.1, 0.15) is 22.4 Å². The molecule has 0 radical (unpaired) electrons. The van der Waals surface area contributed by atoms with Gasteiger partial charge < -0.3 is 15.5 Å². The van der Waals surface area contributed by atoms with Crippen LogP contribution in [0.5, 0.6) is 0 Å². The van der Waals surface area contributed by atoms with Gasteiger partial charge in [-0.15, -0.1) is 0 Å². The largest absolute Gasteiger partial charge is 0.366 e. The van der Waals surface area contributed by atoms with E-state index in [2.05, 4.69) is 63.9 Å². The average molecular weight is 297 g/mol. The zero-order valence-electron chi connectivity index (χ0n) is 13.3. The van der Waals surface area contributed by atoms with Gasteiger partial charge in [0.25, 0.3) is 0 Å². The molecule has 0 spiro atoms. The molecule has 0 saturated carbocycles. The van der Waals surface area contributed by atoms with Crippen LogP contribution < -0.4 is 10.6 Å². The van der Waals surface area contributed by atoms with Crippen LogP contribution in [0.3, 0.4) is 0 Å². The number of aromatic nitrogens is 2. The van der Waals surface area contributed by atoms with Gasteiger partial charge in [-0.25, -0.2) is 9.97 Å². The minimum atomic E-state index is 0.790. The maximum absolute atomic E-state index is 4.42. The van der Waals surface area contributed by atoms with Crippen LogP contribution in [0.15, 0.2) is 30.6 Å². The number of nitrogens with one attached hydrogen (secondary N) is 2. The molecule has 22 heavy (non-hydrogen) atoms. The molecule has 0 bridgehead atoms. The molecule has 5 nitrogen and oxygen atoms in total.